The number of nitrogens with one attached hydrogen (secondary N) is 1. The molecule has 1 atom stereocenters. The highest BCUT2D eigenvalue weighted by Crippen LogP contribution is 2.45. The SMILES string of the molecule is c1ccc(C2=NC(c3ccc(-c4ccc(N(c5ccc(-c6ccccc6)cc5)c5ccc6ccccc6c5)cc4)c4oc5c6ccccc6ccc5c34)Nc3ccccc32)cc1. The minimum absolute atomic E-state index is 0.338. The number of aliphatic imine (C=N–C) groups is 1. The van der Waals surface area contributed by atoms with Crippen LogP contribution in [-0.2, 0) is 0 Å². The molecule has 11 aromatic rings. The Hall–Kier alpha value is -8.21. The Morgan fingerprint density at radius 1 is 0.403 bits per heavy atom. The van der Waals surface area contributed by atoms with Crippen molar-refractivity contribution >= 4 is 71.9 Å². The third-order valence-corrected chi connectivity index (χ3v) is 12.3. The van der Waals surface area contributed by atoms with Crippen molar-refractivity contribution in [3.05, 3.63) is 241 Å². The van der Waals surface area contributed by atoms with Crippen LogP contribution in [0.3, 0.4) is 0 Å². The Morgan fingerprint density at radius 3 is 1.77 bits per heavy atom. The molecule has 4 heteroatoms. The molecule has 1 aliphatic heterocycles. The van der Waals surface area contributed by atoms with Gasteiger partial charge in [-0.25, -0.2) is 0 Å². The molecule has 0 radical (unpaired) electrons. The lowest BCUT2D eigenvalue weighted by atomic mass is 9.94. The van der Waals surface area contributed by atoms with Crippen molar-refractivity contribution in [2.45, 2.75) is 6.17 Å². The lowest BCUT2D eigenvalue weighted by Crippen LogP contribution is -2.20. The van der Waals surface area contributed by atoms with E-state index in [0.29, 0.717) is 0 Å². The second-order valence-corrected chi connectivity index (χ2v) is 15.9. The summed E-state index contributed by atoms with van der Waals surface area (Å²) in [6, 6.07) is 79.8. The van der Waals surface area contributed by atoms with Crippen LogP contribution in [0.1, 0.15) is 22.9 Å². The summed E-state index contributed by atoms with van der Waals surface area (Å²) in [4.78, 5) is 7.79. The van der Waals surface area contributed by atoms with Gasteiger partial charge in [-0.3, -0.25) is 4.99 Å². The minimum Gasteiger partial charge on any atom is -0.455 e. The lowest BCUT2D eigenvalue weighted by molar-refractivity contribution is 0.673. The molecule has 0 amide bonds. The van der Waals surface area contributed by atoms with Crippen LogP contribution in [0.2, 0.25) is 0 Å². The van der Waals surface area contributed by atoms with Crippen LogP contribution in [0.15, 0.2) is 234 Å². The van der Waals surface area contributed by atoms with E-state index in [1.807, 2.05) is 0 Å². The Labute approximate surface area is 359 Å². The molecule has 62 heavy (non-hydrogen) atoms. The molecule has 2 heterocycles. The van der Waals surface area contributed by atoms with Crippen LogP contribution in [0, 0.1) is 0 Å². The van der Waals surface area contributed by atoms with E-state index in [-0.39, 0.29) is 6.17 Å². The zero-order valence-corrected chi connectivity index (χ0v) is 33.7. The summed E-state index contributed by atoms with van der Waals surface area (Å²) in [6.07, 6.45) is -0.338. The molecular formula is C58H39N3O. The molecule has 292 valence electrons. The summed E-state index contributed by atoms with van der Waals surface area (Å²) in [5.74, 6) is 0. The first-order valence-corrected chi connectivity index (χ1v) is 21.1. The normalized spacial score (nSPS) is 13.5. The molecule has 4 nitrogen and oxygen atoms in total. The zero-order chi connectivity index (χ0) is 41.0. The average Bonchev–Trinajstić information content (AvgIpc) is 3.75. The van der Waals surface area contributed by atoms with Crippen LogP contribution in [0.5, 0.6) is 0 Å². The Morgan fingerprint density at radius 2 is 1.00 bits per heavy atom. The summed E-state index contributed by atoms with van der Waals surface area (Å²) >= 11 is 0. The predicted octanol–water partition coefficient (Wildman–Crippen LogP) is 15.7. The van der Waals surface area contributed by atoms with Crippen LogP contribution >= 0.6 is 0 Å². The largest absolute Gasteiger partial charge is 0.455 e. The van der Waals surface area contributed by atoms with Crippen molar-refractivity contribution < 1.29 is 4.42 Å². The number of para-hydroxylation sites is 1. The third-order valence-electron chi connectivity index (χ3n) is 12.3. The number of anilines is 4. The standard InChI is InChI=1S/C58H39N3O/c1-3-13-38(14-4-1)40-23-29-45(30-24-40)61(47-33-25-39-15-7-8-19-44(39)37-47)46-31-26-42(27-32-46)49-35-36-52(54-51-34-28-41-16-9-10-20-48(41)56(51)62-57(49)54)58-59-53-22-12-11-21-50(53)55(60-58)43-17-5-2-6-18-43/h1-37,58-59H. The first kappa shape index (κ1) is 35.7. The van der Waals surface area contributed by atoms with Crippen molar-refractivity contribution in [3.8, 4) is 22.3 Å². The minimum atomic E-state index is -0.338. The van der Waals surface area contributed by atoms with Crippen LogP contribution < -0.4 is 10.2 Å². The van der Waals surface area contributed by atoms with E-state index in [1.165, 1.54) is 21.9 Å². The van der Waals surface area contributed by atoms with Crippen LogP contribution in [-0.4, -0.2) is 5.71 Å². The van der Waals surface area contributed by atoms with Gasteiger partial charge in [-0.15, -0.1) is 0 Å². The zero-order valence-electron chi connectivity index (χ0n) is 33.7. The molecule has 1 N–H and O–H groups in total. The van der Waals surface area contributed by atoms with E-state index >= 15 is 0 Å². The van der Waals surface area contributed by atoms with Crippen molar-refractivity contribution in [1.82, 2.24) is 0 Å². The highest BCUT2D eigenvalue weighted by Gasteiger charge is 2.27. The number of hydrogen-bond acceptors (Lipinski definition) is 4. The molecule has 12 rings (SSSR count). The maximum Gasteiger partial charge on any atom is 0.146 e. The maximum absolute atomic E-state index is 7.08. The number of nitrogens with zero attached hydrogens (tertiary/aromatic N) is 2. The quantitative estimate of drug-likeness (QED) is 0.175. The van der Waals surface area contributed by atoms with E-state index < -0.39 is 0 Å². The fourth-order valence-corrected chi connectivity index (χ4v) is 9.24. The van der Waals surface area contributed by atoms with Gasteiger partial charge in [0, 0.05) is 61.2 Å². The van der Waals surface area contributed by atoms with E-state index in [0.717, 1.165) is 89.0 Å². The number of fused-ring (bicyclic) bond motifs is 7. The van der Waals surface area contributed by atoms with Gasteiger partial charge in [0.1, 0.15) is 17.3 Å². The molecule has 0 fully saturated rings. The molecule has 0 saturated carbocycles. The maximum atomic E-state index is 7.08. The number of benzene rings is 10. The summed E-state index contributed by atoms with van der Waals surface area (Å²) in [5.41, 5.74) is 14.7. The van der Waals surface area contributed by atoms with Crippen LogP contribution in [0.4, 0.5) is 22.7 Å². The lowest BCUT2D eigenvalue weighted by Gasteiger charge is -2.27. The fraction of sp³-hybridized carbons (Fsp3) is 0.0172. The van der Waals surface area contributed by atoms with Gasteiger partial charge in [-0.2, -0.15) is 0 Å². The van der Waals surface area contributed by atoms with E-state index in [9.17, 15) is 0 Å². The Kier molecular flexibility index (Phi) is 8.53. The van der Waals surface area contributed by atoms with Crippen molar-refractivity contribution in [1.29, 1.82) is 0 Å². The number of rotatable bonds is 7. The molecule has 0 saturated heterocycles. The molecule has 0 bridgehead atoms. The second-order valence-electron chi connectivity index (χ2n) is 15.9. The van der Waals surface area contributed by atoms with Crippen molar-refractivity contribution in [2.24, 2.45) is 4.99 Å². The third kappa shape index (κ3) is 6.12. The second kappa shape index (κ2) is 14.8. The van der Waals surface area contributed by atoms with Crippen LogP contribution in [0.25, 0.3) is 65.7 Å². The Balaban J connectivity index is 1.00. The summed E-state index contributed by atoms with van der Waals surface area (Å²) in [7, 11) is 0. The van der Waals surface area contributed by atoms with Gasteiger partial charge >= 0.3 is 0 Å². The highest BCUT2D eigenvalue weighted by molar-refractivity contribution is 6.20. The molecule has 1 aromatic heterocycles. The molecule has 1 aliphatic rings. The monoisotopic (exact) mass is 793 g/mol. The highest BCUT2D eigenvalue weighted by atomic mass is 16.3. The molecule has 1 unspecified atom stereocenters. The summed E-state index contributed by atoms with van der Waals surface area (Å²) < 4.78 is 7.08. The van der Waals surface area contributed by atoms with E-state index in [2.05, 4.69) is 235 Å². The molecule has 0 spiro atoms. The average molecular weight is 794 g/mol. The molecular weight excluding hydrogens is 755 g/mol. The predicted molar refractivity (Wildman–Crippen MR) is 259 cm³/mol. The molecule has 10 aromatic carbocycles. The molecule has 0 aliphatic carbocycles. The van der Waals surface area contributed by atoms with Gasteiger partial charge in [-0.05, 0) is 81.4 Å². The van der Waals surface area contributed by atoms with E-state index in [1.54, 1.807) is 0 Å². The topological polar surface area (TPSA) is 40.8 Å². The summed E-state index contributed by atoms with van der Waals surface area (Å²) in [5, 5.41) is 10.6. The van der Waals surface area contributed by atoms with Gasteiger partial charge in [0.15, 0.2) is 0 Å². The van der Waals surface area contributed by atoms with Gasteiger partial charge in [0.05, 0.1) is 5.71 Å². The smallest absolute Gasteiger partial charge is 0.146 e. The summed E-state index contributed by atoms with van der Waals surface area (Å²) in [6.45, 7) is 0. The van der Waals surface area contributed by atoms with Crippen molar-refractivity contribution in [3.63, 3.8) is 0 Å². The first-order valence-electron chi connectivity index (χ1n) is 21.1. The Bertz CT molecular complexity index is 3480. The number of hydrogen-bond donors (Lipinski definition) is 1. The van der Waals surface area contributed by atoms with Gasteiger partial charge < -0.3 is 14.6 Å². The van der Waals surface area contributed by atoms with E-state index in [4.69, 9.17) is 9.41 Å². The fourth-order valence-electron chi connectivity index (χ4n) is 9.24. The first-order chi connectivity index (χ1) is 30.7. The van der Waals surface area contributed by atoms with Gasteiger partial charge in [0.2, 0.25) is 0 Å². The van der Waals surface area contributed by atoms with Gasteiger partial charge in [-0.1, -0.05) is 176 Å². The van der Waals surface area contributed by atoms with Gasteiger partial charge in [0.25, 0.3) is 0 Å². The van der Waals surface area contributed by atoms with Crippen molar-refractivity contribution in [2.75, 3.05) is 10.2 Å². The number of furan rings is 1.